The molecule has 2 aromatic rings. The van der Waals surface area contributed by atoms with E-state index in [-0.39, 0.29) is 29.6 Å². The number of ketones is 1. The molecule has 0 spiro atoms. The van der Waals surface area contributed by atoms with Gasteiger partial charge in [0.25, 0.3) is 5.91 Å². The normalized spacial score (nSPS) is 11.5. The second-order valence-corrected chi connectivity index (χ2v) is 5.91. The molecule has 0 aromatic heterocycles. The van der Waals surface area contributed by atoms with Crippen LogP contribution in [0, 0.1) is 0 Å². The summed E-state index contributed by atoms with van der Waals surface area (Å²) in [4.78, 5) is 24.8. The first-order valence-corrected chi connectivity index (χ1v) is 8.37. The SMILES string of the molecule is COc1ccccc1NC(=O)C(N=Nc1ccc(SOO[O-])cc1)C(C)=O.[Na+]. The monoisotopic (exact) mass is 413 g/mol. The number of Topliss-reactive ketones (excluding diaryl/α,β-unsaturated/α-hetero) is 1. The zero-order chi connectivity index (χ0) is 19.6. The minimum Gasteiger partial charge on any atom is -0.691 e. The van der Waals surface area contributed by atoms with Crippen LogP contribution in [0.1, 0.15) is 6.92 Å². The molecule has 1 unspecified atom stereocenters. The molecule has 2 rings (SSSR count). The maximum absolute atomic E-state index is 12.4. The first kappa shape index (κ1) is 24.2. The molecule has 0 aliphatic rings. The van der Waals surface area contributed by atoms with Crippen LogP contribution in [0.15, 0.2) is 63.7 Å². The van der Waals surface area contributed by atoms with Crippen LogP contribution in [0.25, 0.3) is 0 Å². The van der Waals surface area contributed by atoms with E-state index in [1.807, 2.05) is 0 Å². The number of hydrogen-bond donors (Lipinski definition) is 1. The van der Waals surface area contributed by atoms with Crippen LogP contribution >= 0.6 is 12.0 Å². The number of para-hydroxylation sites is 2. The predicted molar refractivity (Wildman–Crippen MR) is 95.1 cm³/mol. The summed E-state index contributed by atoms with van der Waals surface area (Å²) in [6.45, 7) is 1.26. The number of nitrogens with one attached hydrogen (secondary N) is 1. The molecular formula is C17H16N3NaO6S. The Bertz CT molecular complexity index is 819. The quantitative estimate of drug-likeness (QED) is 0.148. The Kier molecular flexibility index (Phi) is 10.9. The maximum atomic E-state index is 12.4. The molecule has 1 N–H and O–H groups in total. The number of anilines is 1. The third-order valence-electron chi connectivity index (χ3n) is 3.28. The van der Waals surface area contributed by atoms with E-state index in [4.69, 9.17) is 4.74 Å². The number of methoxy groups -OCH3 is 1. The largest absolute Gasteiger partial charge is 1.00 e. The van der Waals surface area contributed by atoms with Gasteiger partial charge in [-0.15, -0.1) is 0 Å². The predicted octanol–water partition coefficient (Wildman–Crippen LogP) is -0.390. The molecule has 0 radical (unpaired) electrons. The first-order valence-electron chi connectivity index (χ1n) is 7.63. The Morgan fingerprint density at radius 2 is 1.82 bits per heavy atom. The molecule has 0 saturated carbocycles. The number of amides is 1. The van der Waals surface area contributed by atoms with Gasteiger partial charge in [0.2, 0.25) is 6.04 Å². The molecule has 0 bridgehead atoms. The summed E-state index contributed by atoms with van der Waals surface area (Å²) in [6, 6.07) is 11.9. The Labute approximate surface area is 187 Å². The molecule has 1 amide bonds. The van der Waals surface area contributed by atoms with E-state index in [9.17, 15) is 14.8 Å². The van der Waals surface area contributed by atoms with Gasteiger partial charge in [0.1, 0.15) is 5.75 Å². The molecule has 142 valence electrons. The molecule has 0 saturated heterocycles. The zero-order valence-electron chi connectivity index (χ0n) is 15.4. The van der Waals surface area contributed by atoms with E-state index in [0.717, 1.165) is 12.0 Å². The summed E-state index contributed by atoms with van der Waals surface area (Å²) in [5.41, 5.74) is 0.840. The third kappa shape index (κ3) is 7.32. The molecule has 2 aromatic carbocycles. The second-order valence-electron chi connectivity index (χ2n) is 5.13. The van der Waals surface area contributed by atoms with Crippen molar-refractivity contribution in [2.45, 2.75) is 17.9 Å². The fraction of sp³-hybridized carbons (Fsp3) is 0.176. The van der Waals surface area contributed by atoms with E-state index in [1.165, 1.54) is 14.0 Å². The molecule has 11 heteroatoms. The number of azo groups is 1. The van der Waals surface area contributed by atoms with Gasteiger partial charge in [-0.1, -0.05) is 12.1 Å². The van der Waals surface area contributed by atoms with E-state index >= 15 is 0 Å². The standard InChI is InChI=1S/C17H17N3O6S.Na/c1-11(21)16(17(22)18-14-5-3-4-6-15(14)24-2)20-19-12-7-9-13(10-8-12)27-26-25-23;/h3-10,16,23H,1-2H3,(H,18,22);/q;+1/p-1. The van der Waals surface area contributed by atoms with E-state index in [2.05, 4.69) is 24.9 Å². The van der Waals surface area contributed by atoms with Gasteiger partial charge < -0.3 is 15.3 Å². The van der Waals surface area contributed by atoms with Crippen LogP contribution < -0.4 is 44.9 Å². The molecule has 9 nitrogen and oxygen atoms in total. The summed E-state index contributed by atoms with van der Waals surface area (Å²) in [7, 11) is 1.48. The van der Waals surface area contributed by atoms with Crippen molar-refractivity contribution < 1.29 is 58.5 Å². The number of nitrogens with zero attached hydrogens (tertiary/aromatic N) is 2. The van der Waals surface area contributed by atoms with Crippen molar-refractivity contribution in [1.82, 2.24) is 0 Å². The number of hydrogen-bond acceptors (Lipinski definition) is 9. The van der Waals surface area contributed by atoms with Crippen molar-refractivity contribution in [2.75, 3.05) is 12.4 Å². The van der Waals surface area contributed by atoms with Gasteiger partial charge in [0.15, 0.2) is 5.78 Å². The van der Waals surface area contributed by atoms with Gasteiger partial charge in [0, 0.05) is 4.90 Å². The maximum Gasteiger partial charge on any atom is 1.00 e. The van der Waals surface area contributed by atoms with Gasteiger partial charge in [-0.3, -0.25) is 14.6 Å². The average Bonchev–Trinajstić information content (AvgIpc) is 2.67. The van der Waals surface area contributed by atoms with Crippen molar-refractivity contribution in [3.63, 3.8) is 0 Å². The fourth-order valence-corrected chi connectivity index (χ4v) is 2.37. The topological polar surface area (TPSA) is 122 Å². The Morgan fingerprint density at radius 1 is 1.14 bits per heavy atom. The smallest absolute Gasteiger partial charge is 0.691 e. The van der Waals surface area contributed by atoms with Gasteiger partial charge >= 0.3 is 29.6 Å². The minimum absolute atomic E-state index is 0. The van der Waals surface area contributed by atoms with Gasteiger partial charge in [-0.25, -0.2) is 0 Å². The van der Waals surface area contributed by atoms with E-state index in [1.54, 1.807) is 48.5 Å². The molecule has 1 atom stereocenters. The minimum atomic E-state index is -1.30. The van der Waals surface area contributed by atoms with E-state index in [0.29, 0.717) is 22.0 Å². The van der Waals surface area contributed by atoms with Crippen LogP contribution in [0.4, 0.5) is 11.4 Å². The number of rotatable bonds is 9. The number of carbonyl (C=O) groups is 2. The number of benzene rings is 2. The Hall–Kier alpha value is -1.79. The van der Waals surface area contributed by atoms with Crippen molar-refractivity contribution in [2.24, 2.45) is 10.2 Å². The average molecular weight is 413 g/mol. The second kappa shape index (κ2) is 12.6. The fourth-order valence-electron chi connectivity index (χ4n) is 2.01. The molecule has 0 aliphatic carbocycles. The first-order chi connectivity index (χ1) is 13.0. The van der Waals surface area contributed by atoms with E-state index < -0.39 is 17.7 Å². The number of carbonyl (C=O) groups excluding carboxylic acids is 2. The Morgan fingerprint density at radius 3 is 2.43 bits per heavy atom. The van der Waals surface area contributed by atoms with Crippen LogP contribution in [-0.4, -0.2) is 24.8 Å². The zero-order valence-corrected chi connectivity index (χ0v) is 18.3. The van der Waals surface area contributed by atoms with Gasteiger partial charge in [-0.2, -0.15) is 14.6 Å². The summed E-state index contributed by atoms with van der Waals surface area (Å²) >= 11 is 0.731. The van der Waals surface area contributed by atoms with Crippen LogP contribution in [0.3, 0.4) is 0 Å². The summed E-state index contributed by atoms with van der Waals surface area (Å²) in [5, 5.41) is 23.4. The molecular weight excluding hydrogens is 397 g/mol. The molecule has 0 fully saturated rings. The summed E-state index contributed by atoms with van der Waals surface area (Å²) < 4.78 is 9.36. The van der Waals surface area contributed by atoms with Crippen LogP contribution in [0.2, 0.25) is 0 Å². The molecule has 0 heterocycles. The number of ether oxygens (including phenoxy) is 1. The van der Waals surface area contributed by atoms with Crippen LogP contribution in [-0.2, 0) is 19.0 Å². The van der Waals surface area contributed by atoms with Crippen molar-refractivity contribution in [1.29, 1.82) is 0 Å². The van der Waals surface area contributed by atoms with Gasteiger partial charge in [0.05, 0.1) is 30.5 Å². The van der Waals surface area contributed by atoms with Gasteiger partial charge in [-0.05, 0) is 43.3 Å². The van der Waals surface area contributed by atoms with Crippen LogP contribution in [0.5, 0.6) is 5.75 Å². The molecule has 0 aliphatic heterocycles. The third-order valence-corrected chi connectivity index (χ3v) is 3.87. The van der Waals surface area contributed by atoms with Crippen molar-refractivity contribution in [3.05, 3.63) is 48.5 Å². The molecule has 28 heavy (non-hydrogen) atoms. The Balaban J connectivity index is 0.00000392. The summed E-state index contributed by atoms with van der Waals surface area (Å²) in [6.07, 6.45) is 0. The summed E-state index contributed by atoms with van der Waals surface area (Å²) in [5.74, 6) is -0.620. The van der Waals surface area contributed by atoms with Crippen molar-refractivity contribution >= 4 is 35.1 Å². The van der Waals surface area contributed by atoms with Crippen molar-refractivity contribution in [3.8, 4) is 5.75 Å².